The van der Waals surface area contributed by atoms with Gasteiger partial charge in [-0.05, 0) is 30.2 Å². The van der Waals surface area contributed by atoms with Gasteiger partial charge < -0.3 is 15.7 Å². The number of nitrogens with one attached hydrogen (secondary N) is 2. The fourth-order valence-electron chi connectivity index (χ4n) is 2.02. The van der Waals surface area contributed by atoms with Gasteiger partial charge in [-0.3, -0.25) is 0 Å². The third-order valence-corrected chi connectivity index (χ3v) is 3.16. The normalized spacial score (nSPS) is 10.3. The average Bonchev–Trinajstić information content (AvgIpc) is 2.58. The predicted octanol–water partition coefficient (Wildman–Crippen LogP) is 2.37. The van der Waals surface area contributed by atoms with E-state index in [1.54, 1.807) is 24.4 Å². The van der Waals surface area contributed by atoms with Crippen molar-refractivity contribution in [1.29, 1.82) is 0 Å². The molecular formula is C16H16N6O. The van der Waals surface area contributed by atoms with Crippen LogP contribution in [0.1, 0.15) is 5.56 Å². The van der Waals surface area contributed by atoms with Crippen molar-refractivity contribution in [2.75, 3.05) is 17.2 Å². The molecule has 7 heteroatoms. The first-order valence-electron chi connectivity index (χ1n) is 7.16. The Morgan fingerprint density at radius 1 is 0.870 bits per heavy atom. The lowest BCUT2D eigenvalue weighted by Crippen LogP contribution is -2.07. The number of anilines is 3. The Balaban J connectivity index is 1.56. The highest BCUT2D eigenvalue weighted by molar-refractivity contribution is 5.54. The molecule has 0 radical (unpaired) electrons. The number of phenolic OH excluding ortho intramolecular Hbond substituents is 1. The highest BCUT2D eigenvalue weighted by Gasteiger charge is 2.00. The van der Waals surface area contributed by atoms with E-state index in [4.69, 9.17) is 0 Å². The molecule has 7 nitrogen and oxygen atoms in total. The second-order valence-corrected chi connectivity index (χ2v) is 4.85. The van der Waals surface area contributed by atoms with Crippen LogP contribution in [0.4, 0.5) is 17.5 Å². The molecule has 1 aromatic carbocycles. The van der Waals surface area contributed by atoms with Gasteiger partial charge >= 0.3 is 0 Å². The van der Waals surface area contributed by atoms with Gasteiger partial charge in [0.2, 0.25) is 0 Å². The molecule has 0 saturated carbocycles. The molecule has 0 atom stereocenters. The van der Waals surface area contributed by atoms with E-state index >= 15 is 0 Å². The van der Waals surface area contributed by atoms with Crippen molar-refractivity contribution in [3.8, 4) is 5.75 Å². The van der Waals surface area contributed by atoms with Gasteiger partial charge in [-0.25, -0.2) is 19.9 Å². The molecule has 2 heterocycles. The Bertz CT molecular complexity index is 748. The number of hydrogen-bond acceptors (Lipinski definition) is 7. The summed E-state index contributed by atoms with van der Waals surface area (Å²) in [4.78, 5) is 16.3. The molecule has 0 fully saturated rings. The van der Waals surface area contributed by atoms with Crippen molar-refractivity contribution in [3.63, 3.8) is 0 Å². The standard InChI is InChI=1S/C16H16N6O/c23-13-3-1-12(2-4-13)5-8-18-15-9-16(21-11-20-15)22-14-6-7-17-10-19-14/h1-4,6-7,9-11,23H,5,8H2,(H2,17,18,19,20,21,22). The first kappa shape index (κ1) is 14.7. The van der Waals surface area contributed by atoms with Gasteiger partial charge in [0.25, 0.3) is 0 Å². The molecule has 3 rings (SSSR count). The molecular weight excluding hydrogens is 292 g/mol. The molecule has 0 saturated heterocycles. The van der Waals surface area contributed by atoms with Crippen molar-refractivity contribution in [2.24, 2.45) is 0 Å². The molecule has 23 heavy (non-hydrogen) atoms. The van der Waals surface area contributed by atoms with Crippen LogP contribution >= 0.6 is 0 Å². The monoisotopic (exact) mass is 308 g/mol. The van der Waals surface area contributed by atoms with Crippen LogP contribution in [0.5, 0.6) is 5.75 Å². The first-order chi connectivity index (χ1) is 11.3. The van der Waals surface area contributed by atoms with Crippen molar-refractivity contribution in [3.05, 3.63) is 60.8 Å². The molecule has 3 N–H and O–H groups in total. The van der Waals surface area contributed by atoms with E-state index in [1.165, 1.54) is 12.7 Å². The molecule has 0 amide bonds. The summed E-state index contributed by atoms with van der Waals surface area (Å²) in [5.74, 6) is 2.34. The number of phenols is 1. The van der Waals surface area contributed by atoms with Crippen LogP contribution in [0.25, 0.3) is 0 Å². The Morgan fingerprint density at radius 2 is 1.65 bits per heavy atom. The summed E-state index contributed by atoms with van der Waals surface area (Å²) in [5.41, 5.74) is 1.14. The third kappa shape index (κ3) is 4.37. The van der Waals surface area contributed by atoms with Crippen molar-refractivity contribution < 1.29 is 5.11 Å². The Morgan fingerprint density at radius 3 is 2.43 bits per heavy atom. The number of aromatic nitrogens is 4. The minimum absolute atomic E-state index is 0.276. The predicted molar refractivity (Wildman–Crippen MR) is 87.6 cm³/mol. The fourth-order valence-corrected chi connectivity index (χ4v) is 2.02. The number of rotatable bonds is 6. The lowest BCUT2D eigenvalue weighted by Gasteiger charge is -2.08. The second-order valence-electron chi connectivity index (χ2n) is 4.85. The van der Waals surface area contributed by atoms with Gasteiger partial charge in [0.05, 0.1) is 0 Å². The summed E-state index contributed by atoms with van der Waals surface area (Å²) in [6.07, 6.45) is 5.46. The molecule has 0 aliphatic carbocycles. The number of benzene rings is 1. The maximum absolute atomic E-state index is 9.26. The molecule has 116 valence electrons. The molecule has 0 unspecified atom stereocenters. The van der Waals surface area contributed by atoms with Gasteiger partial charge in [-0.1, -0.05) is 12.1 Å². The topological polar surface area (TPSA) is 95.8 Å². The molecule has 2 aromatic heterocycles. The summed E-state index contributed by atoms with van der Waals surface area (Å²) in [6, 6.07) is 10.8. The van der Waals surface area contributed by atoms with E-state index in [1.807, 2.05) is 18.2 Å². The summed E-state index contributed by atoms with van der Waals surface area (Å²) in [6.45, 7) is 0.731. The van der Waals surface area contributed by atoms with Crippen LogP contribution in [-0.2, 0) is 6.42 Å². The van der Waals surface area contributed by atoms with E-state index in [0.29, 0.717) is 11.6 Å². The number of nitrogens with zero attached hydrogens (tertiary/aromatic N) is 4. The van der Waals surface area contributed by atoms with Crippen LogP contribution < -0.4 is 10.6 Å². The quantitative estimate of drug-likeness (QED) is 0.643. The molecule has 3 aromatic rings. The van der Waals surface area contributed by atoms with E-state index in [9.17, 15) is 5.11 Å². The summed E-state index contributed by atoms with van der Waals surface area (Å²) in [5, 5.41) is 15.6. The SMILES string of the molecule is Oc1ccc(CCNc2cc(Nc3ccncn3)ncn2)cc1. The summed E-state index contributed by atoms with van der Waals surface area (Å²) in [7, 11) is 0. The largest absolute Gasteiger partial charge is 0.508 e. The molecule has 0 aliphatic heterocycles. The zero-order chi connectivity index (χ0) is 15.9. The molecule has 0 bridgehead atoms. The van der Waals surface area contributed by atoms with E-state index in [-0.39, 0.29) is 5.75 Å². The molecule has 0 spiro atoms. The highest BCUT2D eigenvalue weighted by atomic mass is 16.3. The fraction of sp³-hybridized carbons (Fsp3) is 0.125. The van der Waals surface area contributed by atoms with Crippen LogP contribution in [0.3, 0.4) is 0 Å². The lowest BCUT2D eigenvalue weighted by atomic mass is 10.1. The van der Waals surface area contributed by atoms with Gasteiger partial charge in [0, 0.05) is 18.8 Å². The van der Waals surface area contributed by atoms with E-state index in [0.717, 1.165) is 24.3 Å². The van der Waals surface area contributed by atoms with Gasteiger partial charge in [-0.15, -0.1) is 0 Å². The number of hydrogen-bond donors (Lipinski definition) is 3. The molecule has 0 aliphatic rings. The van der Waals surface area contributed by atoms with Crippen molar-refractivity contribution in [2.45, 2.75) is 6.42 Å². The van der Waals surface area contributed by atoms with Crippen molar-refractivity contribution >= 4 is 17.5 Å². The van der Waals surface area contributed by atoms with E-state index in [2.05, 4.69) is 30.6 Å². The van der Waals surface area contributed by atoms with Gasteiger partial charge in [-0.2, -0.15) is 0 Å². The van der Waals surface area contributed by atoms with Crippen LogP contribution in [0.15, 0.2) is 55.2 Å². The Hall–Kier alpha value is -3.22. The summed E-state index contributed by atoms with van der Waals surface area (Å²) < 4.78 is 0. The summed E-state index contributed by atoms with van der Waals surface area (Å²) >= 11 is 0. The minimum Gasteiger partial charge on any atom is -0.508 e. The van der Waals surface area contributed by atoms with Gasteiger partial charge in [0.15, 0.2) is 0 Å². The maximum atomic E-state index is 9.26. The van der Waals surface area contributed by atoms with Crippen LogP contribution in [0.2, 0.25) is 0 Å². The third-order valence-electron chi connectivity index (χ3n) is 3.16. The zero-order valence-corrected chi connectivity index (χ0v) is 12.3. The van der Waals surface area contributed by atoms with Gasteiger partial charge in [0.1, 0.15) is 35.9 Å². The van der Waals surface area contributed by atoms with E-state index < -0.39 is 0 Å². The maximum Gasteiger partial charge on any atom is 0.137 e. The first-order valence-corrected chi connectivity index (χ1v) is 7.16. The smallest absolute Gasteiger partial charge is 0.137 e. The Labute approximate surface area is 133 Å². The highest BCUT2D eigenvalue weighted by Crippen LogP contribution is 2.14. The Kier molecular flexibility index (Phi) is 4.58. The second kappa shape index (κ2) is 7.17. The van der Waals surface area contributed by atoms with Crippen LogP contribution in [-0.4, -0.2) is 31.6 Å². The van der Waals surface area contributed by atoms with Crippen LogP contribution in [0, 0.1) is 0 Å². The van der Waals surface area contributed by atoms with Crippen molar-refractivity contribution in [1.82, 2.24) is 19.9 Å². The average molecular weight is 308 g/mol. The lowest BCUT2D eigenvalue weighted by molar-refractivity contribution is 0.475. The number of aromatic hydroxyl groups is 1. The zero-order valence-electron chi connectivity index (χ0n) is 12.3. The minimum atomic E-state index is 0.276.